The summed E-state index contributed by atoms with van der Waals surface area (Å²) < 4.78 is 0. The van der Waals surface area contributed by atoms with Gasteiger partial charge in [-0.15, -0.1) is 0 Å². The van der Waals surface area contributed by atoms with Crippen LogP contribution < -0.4 is 0 Å². The first kappa shape index (κ1) is 19.6. The van der Waals surface area contributed by atoms with E-state index < -0.39 is 0 Å². The predicted octanol–water partition coefficient (Wildman–Crippen LogP) is 6.30. The summed E-state index contributed by atoms with van der Waals surface area (Å²) in [6.07, 6.45) is 2.15. The highest BCUT2D eigenvalue weighted by molar-refractivity contribution is 5.96. The van der Waals surface area contributed by atoms with Crippen molar-refractivity contribution in [3.8, 4) is 0 Å². The summed E-state index contributed by atoms with van der Waals surface area (Å²) in [5.74, 6) is 0.0651. The van der Waals surface area contributed by atoms with Gasteiger partial charge in [0.1, 0.15) is 0 Å². The highest BCUT2D eigenvalue weighted by atomic mass is 16.2. The summed E-state index contributed by atoms with van der Waals surface area (Å²) in [7, 11) is 0. The number of benzene rings is 3. The fraction of sp³-hybridized carbons (Fsp3) is 0.192. The summed E-state index contributed by atoms with van der Waals surface area (Å²) in [5, 5.41) is 0. The molecule has 0 bridgehead atoms. The number of hydrogen-bond acceptors (Lipinski definition) is 1. The molecule has 142 valence electrons. The van der Waals surface area contributed by atoms with Crippen molar-refractivity contribution >= 4 is 12.0 Å². The summed E-state index contributed by atoms with van der Waals surface area (Å²) in [4.78, 5) is 15.4. The number of amides is 1. The monoisotopic (exact) mass is 369 g/mol. The van der Waals surface area contributed by atoms with Gasteiger partial charge in [-0.25, -0.2) is 0 Å². The first-order valence-corrected chi connectivity index (χ1v) is 9.70. The van der Waals surface area contributed by atoms with Crippen LogP contribution in [0.25, 0.3) is 6.08 Å². The Balaban J connectivity index is 1.93. The van der Waals surface area contributed by atoms with E-state index in [1.54, 1.807) is 0 Å². The van der Waals surface area contributed by atoms with Gasteiger partial charge in [0.05, 0.1) is 6.04 Å². The molecule has 1 amide bonds. The molecule has 0 fully saturated rings. The molecule has 0 heterocycles. The molecule has 0 aliphatic heterocycles. The average Bonchev–Trinajstić information content (AvgIpc) is 2.73. The van der Waals surface area contributed by atoms with Crippen LogP contribution in [0, 0.1) is 6.92 Å². The average molecular weight is 370 g/mol. The third-order valence-corrected chi connectivity index (χ3v) is 5.02. The Labute approximate surface area is 168 Å². The van der Waals surface area contributed by atoms with Crippen molar-refractivity contribution in [3.63, 3.8) is 0 Å². The molecule has 0 aromatic heterocycles. The van der Waals surface area contributed by atoms with Gasteiger partial charge in [0, 0.05) is 12.1 Å². The van der Waals surface area contributed by atoms with Gasteiger partial charge < -0.3 is 4.90 Å². The van der Waals surface area contributed by atoms with Crippen molar-refractivity contribution in [3.05, 3.63) is 113 Å². The second-order valence-corrected chi connectivity index (χ2v) is 7.24. The van der Waals surface area contributed by atoms with E-state index in [0.717, 1.165) is 27.8 Å². The van der Waals surface area contributed by atoms with Crippen LogP contribution in [0.5, 0.6) is 0 Å². The molecule has 2 nitrogen and oxygen atoms in total. The number of hydrogen-bond donors (Lipinski definition) is 0. The van der Waals surface area contributed by atoms with Crippen LogP contribution >= 0.6 is 0 Å². The molecule has 0 radical (unpaired) electrons. The predicted molar refractivity (Wildman–Crippen MR) is 117 cm³/mol. The van der Waals surface area contributed by atoms with Gasteiger partial charge in [0.15, 0.2) is 0 Å². The zero-order valence-electron chi connectivity index (χ0n) is 16.8. The van der Waals surface area contributed by atoms with Crippen LogP contribution in [-0.4, -0.2) is 17.4 Å². The van der Waals surface area contributed by atoms with E-state index in [1.165, 1.54) is 0 Å². The maximum atomic E-state index is 13.5. The Morgan fingerprint density at radius 1 is 0.893 bits per heavy atom. The quantitative estimate of drug-likeness (QED) is 0.499. The molecule has 0 spiro atoms. The van der Waals surface area contributed by atoms with E-state index in [4.69, 9.17) is 0 Å². The minimum absolute atomic E-state index is 0.0209. The summed E-state index contributed by atoms with van der Waals surface area (Å²) >= 11 is 0. The fourth-order valence-electron chi connectivity index (χ4n) is 3.41. The molecule has 0 saturated carbocycles. The lowest BCUT2D eigenvalue weighted by molar-refractivity contribution is 0.0709. The normalized spacial score (nSPS) is 12.5. The van der Waals surface area contributed by atoms with E-state index in [2.05, 4.69) is 44.2 Å². The van der Waals surface area contributed by atoms with Crippen LogP contribution in [0.4, 0.5) is 0 Å². The van der Waals surface area contributed by atoms with Crippen LogP contribution in [0.3, 0.4) is 0 Å². The molecule has 0 aliphatic rings. The van der Waals surface area contributed by atoms with Crippen LogP contribution in [0.2, 0.25) is 0 Å². The Bertz CT molecular complexity index is 944. The molecule has 3 aromatic rings. The van der Waals surface area contributed by atoms with Gasteiger partial charge in [-0.2, -0.15) is 0 Å². The molecular weight excluding hydrogens is 342 g/mol. The third-order valence-electron chi connectivity index (χ3n) is 5.02. The summed E-state index contributed by atoms with van der Waals surface area (Å²) in [5.41, 5.74) is 5.20. The number of carbonyl (C=O) groups is 1. The molecule has 3 aromatic carbocycles. The standard InChI is InChI=1S/C26H27NO/c1-20(18-23-13-6-4-7-14-23)19-27(22(3)24-15-8-5-9-16-24)26(28)25-17-11-10-12-21(25)2/h4-18,22H,19H2,1-3H3/b20-18+. The van der Waals surface area contributed by atoms with Crippen molar-refractivity contribution < 1.29 is 4.79 Å². The minimum atomic E-state index is -0.0209. The van der Waals surface area contributed by atoms with Gasteiger partial charge in [0.2, 0.25) is 0 Å². The van der Waals surface area contributed by atoms with E-state index in [1.807, 2.05) is 72.5 Å². The van der Waals surface area contributed by atoms with Crippen LogP contribution in [-0.2, 0) is 0 Å². The van der Waals surface area contributed by atoms with Gasteiger partial charge in [0.25, 0.3) is 5.91 Å². The maximum Gasteiger partial charge on any atom is 0.254 e. The smallest absolute Gasteiger partial charge is 0.254 e. The number of nitrogens with zero attached hydrogens (tertiary/aromatic N) is 1. The van der Waals surface area contributed by atoms with Crippen LogP contribution in [0.15, 0.2) is 90.5 Å². The van der Waals surface area contributed by atoms with Crippen LogP contribution in [0.1, 0.15) is 46.9 Å². The lowest BCUT2D eigenvalue weighted by atomic mass is 10.0. The highest BCUT2D eigenvalue weighted by Crippen LogP contribution is 2.25. The van der Waals surface area contributed by atoms with E-state index in [9.17, 15) is 4.79 Å². The Morgan fingerprint density at radius 3 is 2.11 bits per heavy atom. The molecule has 0 N–H and O–H groups in total. The number of aryl methyl sites for hydroxylation is 1. The van der Waals surface area contributed by atoms with Gasteiger partial charge in [-0.3, -0.25) is 4.79 Å². The SMILES string of the molecule is C/C(=C\c1ccccc1)CN(C(=O)c1ccccc1C)C(C)c1ccccc1. The third kappa shape index (κ3) is 4.77. The molecule has 1 unspecified atom stereocenters. The van der Waals surface area contributed by atoms with Crippen molar-refractivity contribution in [1.29, 1.82) is 0 Å². The second-order valence-electron chi connectivity index (χ2n) is 7.24. The maximum absolute atomic E-state index is 13.5. The molecule has 2 heteroatoms. The zero-order valence-corrected chi connectivity index (χ0v) is 16.8. The van der Waals surface area contributed by atoms with Crippen molar-refractivity contribution in [2.75, 3.05) is 6.54 Å². The van der Waals surface area contributed by atoms with E-state index >= 15 is 0 Å². The minimum Gasteiger partial charge on any atom is -0.328 e. The van der Waals surface area contributed by atoms with Crippen molar-refractivity contribution in [2.45, 2.75) is 26.8 Å². The zero-order chi connectivity index (χ0) is 19.9. The van der Waals surface area contributed by atoms with Crippen molar-refractivity contribution in [2.24, 2.45) is 0 Å². The summed E-state index contributed by atoms with van der Waals surface area (Å²) in [6, 6.07) is 28.2. The molecule has 28 heavy (non-hydrogen) atoms. The lowest BCUT2D eigenvalue weighted by Gasteiger charge is -2.31. The summed E-state index contributed by atoms with van der Waals surface area (Å²) in [6.45, 7) is 6.76. The van der Waals surface area contributed by atoms with Gasteiger partial charge >= 0.3 is 0 Å². The van der Waals surface area contributed by atoms with Crippen molar-refractivity contribution in [1.82, 2.24) is 4.90 Å². The van der Waals surface area contributed by atoms with E-state index in [-0.39, 0.29) is 11.9 Å². The van der Waals surface area contributed by atoms with Gasteiger partial charge in [-0.05, 0) is 43.5 Å². The number of carbonyl (C=O) groups excluding carboxylic acids is 1. The molecule has 1 atom stereocenters. The molecule has 0 saturated heterocycles. The van der Waals surface area contributed by atoms with Gasteiger partial charge in [-0.1, -0.05) is 90.5 Å². The molecule has 3 rings (SSSR count). The topological polar surface area (TPSA) is 20.3 Å². The fourth-order valence-corrected chi connectivity index (χ4v) is 3.41. The Hall–Kier alpha value is -3.13. The highest BCUT2D eigenvalue weighted by Gasteiger charge is 2.24. The Morgan fingerprint density at radius 2 is 1.46 bits per heavy atom. The Kier molecular flexibility index (Phi) is 6.44. The number of rotatable bonds is 6. The molecular formula is C26H27NO. The first-order chi connectivity index (χ1) is 13.6. The largest absolute Gasteiger partial charge is 0.328 e. The lowest BCUT2D eigenvalue weighted by Crippen LogP contribution is -2.35. The molecule has 0 aliphatic carbocycles. The van der Waals surface area contributed by atoms with E-state index in [0.29, 0.717) is 6.54 Å². The second kappa shape index (κ2) is 9.18. The first-order valence-electron chi connectivity index (χ1n) is 9.70.